The van der Waals surface area contributed by atoms with Crippen LogP contribution in [0.3, 0.4) is 0 Å². The van der Waals surface area contributed by atoms with E-state index in [4.69, 9.17) is 18.9 Å². The summed E-state index contributed by atoms with van der Waals surface area (Å²) in [5, 5.41) is 111. The molecule has 0 amide bonds. The van der Waals surface area contributed by atoms with E-state index in [1.165, 1.54) is 23.2 Å². The van der Waals surface area contributed by atoms with Crippen LogP contribution in [0.4, 0.5) is 5.69 Å². The molecule has 12 atom stereocenters. The minimum atomic E-state index is -2.10. The quantitative estimate of drug-likeness (QED) is 0.104. The first kappa shape index (κ1) is 37.5. The predicted octanol–water partition coefficient (Wildman–Crippen LogP) is -3.87. The fourth-order valence-electron chi connectivity index (χ4n) is 5.96. The number of aliphatic hydroxyl groups excluding tert-OH is 6. The van der Waals surface area contributed by atoms with Gasteiger partial charge in [-0.15, -0.1) is 0 Å². The van der Waals surface area contributed by atoms with E-state index in [0.717, 1.165) is 12.1 Å². The van der Waals surface area contributed by atoms with Crippen molar-refractivity contribution in [3.05, 3.63) is 41.6 Å². The lowest BCUT2D eigenvalue weighted by Crippen LogP contribution is -2.65. The number of aromatic hydroxyl groups is 1. The number of carboxylic acid groups (broad SMARTS) is 4. The maximum absolute atomic E-state index is 12.2. The molecule has 0 radical (unpaired) electrons. The molecule has 0 bridgehead atoms. The zero-order valence-corrected chi connectivity index (χ0v) is 26.0. The molecule has 51 heavy (non-hydrogen) atoms. The number of carboxylic acids is 4. The summed E-state index contributed by atoms with van der Waals surface area (Å²) >= 11 is 0. The van der Waals surface area contributed by atoms with Crippen molar-refractivity contribution in [2.45, 2.75) is 86.3 Å². The zero-order chi connectivity index (χ0) is 37.5. The van der Waals surface area contributed by atoms with Crippen LogP contribution in [0.1, 0.15) is 12.0 Å². The first-order valence-corrected chi connectivity index (χ1v) is 15.2. The summed E-state index contributed by atoms with van der Waals surface area (Å²) in [5.74, 6) is -6.91. The highest BCUT2D eigenvalue weighted by molar-refractivity contribution is 6.41. The van der Waals surface area contributed by atoms with Gasteiger partial charge in [0.05, 0.1) is 6.61 Å². The summed E-state index contributed by atoms with van der Waals surface area (Å²) < 4.78 is 21.9. The molecule has 0 spiro atoms. The minimum Gasteiger partial charge on any atom is -0.504 e. The lowest BCUT2D eigenvalue weighted by molar-refractivity contribution is -0.353. The monoisotopic (exact) mass is 726 g/mol. The van der Waals surface area contributed by atoms with Crippen molar-refractivity contribution in [1.82, 2.24) is 0 Å². The SMILES string of the molecule is O=C(O)C1=N[C@H](C(=O)O)CC(C=CN2c3cc(O)c(O[C@@H]4O[C@H](CO)[C@@H](O)[C@H](O)[C@H]4O[C@@H]4O[C@H](C(=O)O)[C@@H](O)[C@H](O)[C@H]4O)cc3C[C@H]2C(=O)O)=C1. The Kier molecular flexibility index (Phi) is 10.9. The van der Waals surface area contributed by atoms with Crippen molar-refractivity contribution >= 4 is 35.3 Å². The van der Waals surface area contributed by atoms with Gasteiger partial charge in [-0.3, -0.25) is 4.99 Å². The van der Waals surface area contributed by atoms with Crippen LogP contribution in [-0.2, 0) is 39.8 Å². The number of rotatable bonds is 11. The van der Waals surface area contributed by atoms with E-state index in [9.17, 15) is 75.3 Å². The maximum Gasteiger partial charge on any atom is 0.354 e. The molecule has 21 heteroatoms. The number of aliphatic carboxylic acids is 4. The number of benzene rings is 1. The van der Waals surface area contributed by atoms with E-state index in [1.54, 1.807) is 0 Å². The Labute approximate surface area is 285 Å². The molecule has 0 saturated carbocycles. The number of hydrogen-bond donors (Lipinski definition) is 11. The van der Waals surface area contributed by atoms with Crippen LogP contribution in [0.25, 0.3) is 0 Å². The van der Waals surface area contributed by atoms with Gasteiger partial charge in [0, 0.05) is 30.8 Å². The Hall–Kier alpha value is -4.71. The summed E-state index contributed by atoms with van der Waals surface area (Å²) in [6, 6.07) is -0.352. The highest BCUT2D eigenvalue weighted by Gasteiger charge is 2.53. The van der Waals surface area contributed by atoms with Crippen molar-refractivity contribution in [2.75, 3.05) is 11.5 Å². The van der Waals surface area contributed by atoms with Gasteiger partial charge in [-0.2, -0.15) is 0 Å². The Bertz CT molecular complexity index is 1640. The average Bonchev–Trinajstić information content (AvgIpc) is 3.43. The Morgan fingerprint density at radius 1 is 0.863 bits per heavy atom. The van der Waals surface area contributed by atoms with Crippen LogP contribution < -0.4 is 9.64 Å². The van der Waals surface area contributed by atoms with E-state index in [-0.39, 0.29) is 29.7 Å². The van der Waals surface area contributed by atoms with Crippen molar-refractivity contribution in [1.29, 1.82) is 0 Å². The van der Waals surface area contributed by atoms with Crippen LogP contribution in [0.15, 0.2) is 41.1 Å². The highest BCUT2D eigenvalue weighted by Crippen LogP contribution is 2.42. The molecule has 4 aliphatic heterocycles. The number of phenolic OH excluding ortho intramolecular Hbond substituents is 1. The fourth-order valence-corrected chi connectivity index (χ4v) is 5.96. The number of aliphatic hydroxyl groups is 6. The summed E-state index contributed by atoms with van der Waals surface area (Å²) in [4.78, 5) is 51.7. The van der Waals surface area contributed by atoms with E-state index < -0.39 is 121 Å². The zero-order valence-electron chi connectivity index (χ0n) is 26.0. The number of allylic oxidation sites excluding steroid dienone is 1. The molecule has 1 aromatic carbocycles. The number of anilines is 1. The largest absolute Gasteiger partial charge is 0.504 e. The molecular weight excluding hydrogens is 692 g/mol. The maximum atomic E-state index is 12.2. The molecule has 4 aliphatic rings. The minimum absolute atomic E-state index is 0.147. The first-order valence-electron chi connectivity index (χ1n) is 15.2. The summed E-state index contributed by atoms with van der Waals surface area (Å²) in [6.45, 7) is -0.861. The average molecular weight is 727 g/mol. The van der Waals surface area contributed by atoms with Crippen LogP contribution in [-0.4, -0.2) is 166 Å². The van der Waals surface area contributed by atoms with Crippen LogP contribution in [0, 0.1) is 0 Å². The van der Waals surface area contributed by atoms with Gasteiger partial charge in [-0.05, 0) is 29.4 Å². The number of carbonyl (C=O) groups is 4. The van der Waals surface area contributed by atoms with E-state index in [2.05, 4.69) is 4.99 Å². The molecule has 0 aliphatic carbocycles. The van der Waals surface area contributed by atoms with E-state index in [1.807, 2.05) is 0 Å². The van der Waals surface area contributed by atoms with E-state index in [0.29, 0.717) is 0 Å². The predicted molar refractivity (Wildman–Crippen MR) is 162 cm³/mol. The van der Waals surface area contributed by atoms with Gasteiger partial charge < -0.3 is 80.0 Å². The van der Waals surface area contributed by atoms with Crippen molar-refractivity contribution in [3.63, 3.8) is 0 Å². The van der Waals surface area contributed by atoms with Gasteiger partial charge in [0.1, 0.15) is 48.4 Å². The Balaban J connectivity index is 1.43. The third-order valence-electron chi connectivity index (χ3n) is 8.64. The van der Waals surface area contributed by atoms with Gasteiger partial charge in [-0.25, -0.2) is 19.2 Å². The molecule has 1 aromatic rings. The number of aliphatic imine (C=N–C) groups is 1. The number of phenols is 1. The van der Waals surface area contributed by atoms with Gasteiger partial charge in [-0.1, -0.05) is 0 Å². The molecule has 0 unspecified atom stereocenters. The summed E-state index contributed by atoms with van der Waals surface area (Å²) in [7, 11) is 0. The van der Waals surface area contributed by atoms with Gasteiger partial charge in [0.25, 0.3) is 0 Å². The fraction of sp³-hybridized carbons (Fsp3) is 0.500. The third-order valence-corrected chi connectivity index (χ3v) is 8.64. The van der Waals surface area contributed by atoms with Crippen LogP contribution >= 0.6 is 0 Å². The van der Waals surface area contributed by atoms with Gasteiger partial charge in [0.2, 0.25) is 6.29 Å². The standard InChI is InChI=1S/C30H34N2O19/c33-8-17-18(35)20(37)24(51-29-22(39)19(36)21(38)23(50-29)28(46)47)30(49-17)48-16-6-10-5-14(27(44)45)32(13(10)7-15(16)34)2-1-9-3-11(25(40)41)31-12(4-9)26(42)43/h1-3,6-7,12,14,17-24,29-30,33-39H,4-5,8H2,(H,40,41)(H,42,43)(H,44,45)(H,46,47)/t12-,14-,17+,18+,19-,20-,21-,22+,23-,24+,29-,30+/m0/s1. The molecule has 5 rings (SSSR count). The molecule has 2 fully saturated rings. The van der Waals surface area contributed by atoms with E-state index >= 15 is 0 Å². The molecule has 4 heterocycles. The number of nitrogens with zero attached hydrogens (tertiary/aromatic N) is 2. The smallest absolute Gasteiger partial charge is 0.354 e. The number of fused-ring (bicyclic) bond motifs is 1. The molecule has 0 aromatic heterocycles. The first-order chi connectivity index (χ1) is 24.0. The number of ether oxygens (including phenoxy) is 4. The molecule has 2 saturated heterocycles. The van der Waals surface area contributed by atoms with Gasteiger partial charge >= 0.3 is 23.9 Å². The second-order valence-corrected chi connectivity index (χ2v) is 12.0. The normalized spacial score (nSPS) is 35.1. The number of dihydropyridines is 1. The second-order valence-electron chi connectivity index (χ2n) is 12.0. The number of hydrogen-bond acceptors (Lipinski definition) is 17. The topological polar surface area (TPSA) is 343 Å². The Morgan fingerprint density at radius 3 is 2.18 bits per heavy atom. The van der Waals surface area contributed by atoms with Crippen LogP contribution in [0.2, 0.25) is 0 Å². The lowest BCUT2D eigenvalue weighted by atomic mass is 9.97. The van der Waals surface area contributed by atoms with Crippen molar-refractivity contribution in [2.24, 2.45) is 4.99 Å². The van der Waals surface area contributed by atoms with Crippen molar-refractivity contribution < 1.29 is 94.3 Å². The second kappa shape index (κ2) is 14.9. The highest BCUT2D eigenvalue weighted by atomic mass is 16.8. The Morgan fingerprint density at radius 2 is 1.57 bits per heavy atom. The van der Waals surface area contributed by atoms with Crippen LogP contribution in [0.5, 0.6) is 11.5 Å². The van der Waals surface area contributed by atoms with Gasteiger partial charge in [0.15, 0.2) is 36.0 Å². The molecule has 21 nitrogen and oxygen atoms in total. The molecule has 11 N–H and O–H groups in total. The molecule has 278 valence electrons. The van der Waals surface area contributed by atoms with Crippen molar-refractivity contribution in [3.8, 4) is 11.5 Å². The summed E-state index contributed by atoms with van der Waals surface area (Å²) in [6.07, 6.45) is -16.1. The summed E-state index contributed by atoms with van der Waals surface area (Å²) in [5.41, 5.74) is 0.111. The third kappa shape index (κ3) is 7.51. The lowest BCUT2D eigenvalue weighted by Gasteiger charge is -2.45. The molecular formula is C30H34N2O19.